The van der Waals surface area contributed by atoms with Crippen LogP contribution >= 0.6 is 0 Å². The Balaban J connectivity index is 1.36. The number of aromatic nitrogens is 2. The van der Waals surface area contributed by atoms with Gasteiger partial charge in [-0.05, 0) is 19.8 Å². The Hall–Kier alpha value is -2.13. The van der Waals surface area contributed by atoms with Crippen LogP contribution in [0.1, 0.15) is 18.5 Å². The van der Waals surface area contributed by atoms with Crippen molar-refractivity contribution in [3.05, 3.63) is 11.8 Å². The van der Waals surface area contributed by atoms with Crippen LogP contribution in [0.25, 0.3) is 0 Å². The molecule has 9 heteroatoms. The molecule has 4 rings (SSSR count). The Morgan fingerprint density at radius 3 is 2.39 bits per heavy atom. The molecule has 4 heterocycles. The highest BCUT2D eigenvalue weighted by Crippen LogP contribution is 2.25. The van der Waals surface area contributed by atoms with E-state index in [9.17, 15) is 9.59 Å². The summed E-state index contributed by atoms with van der Waals surface area (Å²) in [6.45, 7) is 8.07. The molecule has 3 fully saturated rings. The van der Waals surface area contributed by atoms with E-state index in [4.69, 9.17) is 4.74 Å². The second kappa shape index (κ2) is 8.08. The highest BCUT2D eigenvalue weighted by Gasteiger charge is 2.37. The highest BCUT2D eigenvalue weighted by molar-refractivity contribution is 5.97. The lowest BCUT2D eigenvalue weighted by atomic mass is 10.0. The first-order valence-electron chi connectivity index (χ1n) is 10.2. The summed E-state index contributed by atoms with van der Waals surface area (Å²) in [5.74, 6) is 1.02. The maximum Gasteiger partial charge on any atom is 0.320 e. The van der Waals surface area contributed by atoms with E-state index in [-0.39, 0.29) is 18.0 Å². The minimum absolute atomic E-state index is 0.102. The lowest BCUT2D eigenvalue weighted by Crippen LogP contribution is -2.60. The fourth-order valence-corrected chi connectivity index (χ4v) is 4.45. The molecule has 0 saturated carbocycles. The van der Waals surface area contributed by atoms with Gasteiger partial charge in [-0.2, -0.15) is 5.10 Å². The predicted molar refractivity (Wildman–Crippen MR) is 104 cm³/mol. The molecule has 0 bridgehead atoms. The number of carbonyl (C=O) groups is 2. The number of aryl methyl sites for hydroxylation is 2. The summed E-state index contributed by atoms with van der Waals surface area (Å²) in [5.41, 5.74) is 0.919. The third kappa shape index (κ3) is 3.73. The van der Waals surface area contributed by atoms with Crippen LogP contribution in [0.4, 0.5) is 10.6 Å². The minimum Gasteiger partial charge on any atom is -0.378 e. The van der Waals surface area contributed by atoms with Gasteiger partial charge in [0.05, 0.1) is 24.9 Å². The van der Waals surface area contributed by atoms with Crippen molar-refractivity contribution in [1.82, 2.24) is 24.5 Å². The zero-order chi connectivity index (χ0) is 19.7. The van der Waals surface area contributed by atoms with Gasteiger partial charge in [0.1, 0.15) is 5.82 Å². The van der Waals surface area contributed by atoms with E-state index < -0.39 is 0 Å². The molecule has 28 heavy (non-hydrogen) atoms. The largest absolute Gasteiger partial charge is 0.378 e. The zero-order valence-electron chi connectivity index (χ0n) is 16.8. The molecular weight excluding hydrogens is 360 g/mol. The van der Waals surface area contributed by atoms with Gasteiger partial charge in [0.2, 0.25) is 5.91 Å². The van der Waals surface area contributed by atoms with Gasteiger partial charge in [0, 0.05) is 58.9 Å². The summed E-state index contributed by atoms with van der Waals surface area (Å²) in [6, 6.07) is 1.97. The van der Waals surface area contributed by atoms with Crippen molar-refractivity contribution in [1.29, 1.82) is 0 Å². The van der Waals surface area contributed by atoms with Crippen molar-refractivity contribution in [2.75, 3.05) is 63.9 Å². The monoisotopic (exact) mass is 390 g/mol. The number of piperazine rings is 1. The summed E-state index contributed by atoms with van der Waals surface area (Å²) >= 11 is 0. The number of anilines is 1. The van der Waals surface area contributed by atoms with Crippen LogP contribution in [-0.2, 0) is 16.6 Å². The normalized spacial score (nSPS) is 24.7. The van der Waals surface area contributed by atoms with E-state index in [1.54, 1.807) is 4.68 Å². The Kier molecular flexibility index (Phi) is 5.54. The van der Waals surface area contributed by atoms with E-state index in [1.165, 1.54) is 0 Å². The van der Waals surface area contributed by atoms with E-state index in [2.05, 4.69) is 10.00 Å². The maximum absolute atomic E-state index is 13.2. The second-order valence-corrected chi connectivity index (χ2v) is 7.82. The van der Waals surface area contributed by atoms with Crippen LogP contribution in [-0.4, -0.2) is 101 Å². The second-order valence-electron chi connectivity index (χ2n) is 7.82. The number of hydrogen-bond acceptors (Lipinski definition) is 5. The average Bonchev–Trinajstić information content (AvgIpc) is 3.06. The molecule has 0 spiro atoms. The maximum atomic E-state index is 13.2. The predicted octanol–water partition coefficient (Wildman–Crippen LogP) is 0.294. The van der Waals surface area contributed by atoms with Gasteiger partial charge >= 0.3 is 6.03 Å². The summed E-state index contributed by atoms with van der Waals surface area (Å²) in [4.78, 5) is 33.8. The Bertz CT molecular complexity index is 721. The van der Waals surface area contributed by atoms with Crippen LogP contribution in [0, 0.1) is 6.92 Å². The number of urea groups is 1. The molecule has 0 aromatic carbocycles. The van der Waals surface area contributed by atoms with Crippen molar-refractivity contribution >= 4 is 17.8 Å². The van der Waals surface area contributed by atoms with Crippen LogP contribution < -0.4 is 4.90 Å². The van der Waals surface area contributed by atoms with Gasteiger partial charge in [-0.25, -0.2) is 4.79 Å². The molecule has 0 unspecified atom stereocenters. The standard InChI is InChI=1S/C19H30N6O3/c1-15-14-17(21(2)20-15)25-5-3-4-16(18(25)26)22-6-8-23(9-7-22)19(27)24-10-12-28-13-11-24/h14,16H,3-13H2,1-2H3/t16-/m1/s1. The first kappa shape index (κ1) is 19.2. The first-order chi connectivity index (χ1) is 13.5. The van der Waals surface area contributed by atoms with Crippen molar-refractivity contribution in [2.24, 2.45) is 7.05 Å². The van der Waals surface area contributed by atoms with E-state index in [0.29, 0.717) is 39.4 Å². The number of rotatable bonds is 2. The van der Waals surface area contributed by atoms with Crippen molar-refractivity contribution in [3.8, 4) is 0 Å². The molecule has 3 saturated heterocycles. The molecule has 0 radical (unpaired) electrons. The van der Waals surface area contributed by atoms with Crippen LogP contribution in [0.15, 0.2) is 6.07 Å². The summed E-state index contributed by atoms with van der Waals surface area (Å²) in [7, 11) is 1.88. The van der Waals surface area contributed by atoms with E-state index in [1.807, 2.05) is 34.7 Å². The number of carbonyl (C=O) groups excluding carboxylic acids is 2. The number of ether oxygens (including phenoxy) is 1. The molecule has 0 aliphatic carbocycles. The molecule has 1 aromatic rings. The topological polar surface area (TPSA) is 74.2 Å². The molecule has 3 amide bonds. The van der Waals surface area contributed by atoms with E-state index in [0.717, 1.165) is 44.0 Å². The SMILES string of the molecule is Cc1cc(N2CCC[C@@H](N3CCN(C(=O)N4CCOCC4)CC3)C2=O)n(C)n1. The van der Waals surface area contributed by atoms with Crippen LogP contribution in [0.3, 0.4) is 0 Å². The number of piperidine rings is 1. The minimum atomic E-state index is -0.107. The number of morpholine rings is 1. The molecule has 3 aliphatic heterocycles. The molecule has 9 nitrogen and oxygen atoms in total. The molecule has 1 aromatic heterocycles. The van der Waals surface area contributed by atoms with Crippen molar-refractivity contribution < 1.29 is 14.3 Å². The summed E-state index contributed by atoms with van der Waals surface area (Å²) in [5, 5.41) is 4.38. The molecule has 3 aliphatic rings. The Morgan fingerprint density at radius 1 is 1.07 bits per heavy atom. The fourth-order valence-electron chi connectivity index (χ4n) is 4.45. The van der Waals surface area contributed by atoms with Gasteiger partial charge in [-0.15, -0.1) is 0 Å². The van der Waals surface area contributed by atoms with Crippen molar-refractivity contribution in [2.45, 2.75) is 25.8 Å². The third-order valence-corrected chi connectivity index (χ3v) is 5.97. The van der Waals surface area contributed by atoms with Gasteiger partial charge in [0.25, 0.3) is 0 Å². The third-order valence-electron chi connectivity index (χ3n) is 5.97. The van der Waals surface area contributed by atoms with Crippen molar-refractivity contribution in [3.63, 3.8) is 0 Å². The lowest BCUT2D eigenvalue weighted by molar-refractivity contribution is -0.126. The average molecular weight is 390 g/mol. The van der Waals surface area contributed by atoms with Gasteiger partial charge in [-0.3, -0.25) is 19.3 Å². The molecule has 0 N–H and O–H groups in total. The number of amides is 3. The zero-order valence-corrected chi connectivity index (χ0v) is 16.8. The number of hydrogen-bond donors (Lipinski definition) is 0. The van der Waals surface area contributed by atoms with Gasteiger partial charge < -0.3 is 14.5 Å². The summed E-state index contributed by atoms with van der Waals surface area (Å²) < 4.78 is 7.12. The molecule has 154 valence electrons. The summed E-state index contributed by atoms with van der Waals surface area (Å²) in [6.07, 6.45) is 1.86. The number of nitrogens with zero attached hydrogens (tertiary/aromatic N) is 6. The van der Waals surface area contributed by atoms with E-state index >= 15 is 0 Å². The van der Waals surface area contributed by atoms with Gasteiger partial charge in [-0.1, -0.05) is 0 Å². The van der Waals surface area contributed by atoms with Crippen LogP contribution in [0.2, 0.25) is 0 Å². The molecule has 1 atom stereocenters. The Labute approximate surface area is 165 Å². The fraction of sp³-hybridized carbons (Fsp3) is 0.737. The van der Waals surface area contributed by atoms with Gasteiger partial charge in [0.15, 0.2) is 0 Å². The van der Waals surface area contributed by atoms with Crippen LogP contribution in [0.5, 0.6) is 0 Å². The smallest absolute Gasteiger partial charge is 0.320 e. The Morgan fingerprint density at radius 2 is 1.75 bits per heavy atom. The quantitative estimate of drug-likeness (QED) is 0.726. The lowest BCUT2D eigenvalue weighted by Gasteiger charge is -2.43. The first-order valence-corrected chi connectivity index (χ1v) is 10.2. The molecular formula is C19H30N6O3. The highest BCUT2D eigenvalue weighted by atomic mass is 16.5.